The molecule has 16 N–H and O–H groups in total. The molecule has 0 aromatic heterocycles. The van der Waals surface area contributed by atoms with E-state index in [1.807, 2.05) is 0 Å². The molecule has 1 aromatic rings. The summed E-state index contributed by atoms with van der Waals surface area (Å²) in [5.74, 6) is -6.17. The fraction of sp³-hybridized carbons (Fsp3) is 0.639. The first-order valence-electron chi connectivity index (χ1n) is 18.5. The van der Waals surface area contributed by atoms with E-state index >= 15 is 0 Å². The number of carboxylic acid groups (broad SMARTS) is 1. The summed E-state index contributed by atoms with van der Waals surface area (Å²) in [5.41, 5.74) is 23.4. The number of hydrogen-bond donors (Lipinski definition) is 12. The third-order valence-electron chi connectivity index (χ3n) is 8.38. The number of carbonyl (C=O) groups is 7. The maximum atomic E-state index is 13.9. The van der Waals surface area contributed by atoms with Gasteiger partial charge in [-0.2, -0.15) is 0 Å². The van der Waals surface area contributed by atoms with Crippen molar-refractivity contribution in [2.45, 2.75) is 109 Å². The van der Waals surface area contributed by atoms with Crippen molar-refractivity contribution in [2.75, 3.05) is 26.2 Å². The topological polar surface area (TPSA) is 336 Å². The summed E-state index contributed by atoms with van der Waals surface area (Å²) in [5, 5.41) is 34.7. The van der Waals surface area contributed by atoms with Crippen LogP contribution in [0, 0.1) is 11.8 Å². The van der Waals surface area contributed by atoms with Crippen molar-refractivity contribution in [2.24, 2.45) is 34.8 Å². The van der Waals surface area contributed by atoms with E-state index in [0.717, 1.165) is 0 Å². The SMILES string of the molecule is CC(C)C[C@H](NC(=O)[C@H](CCN)NC(=O)[C@H](CO)NC(=O)[C@H](CC(C)C)NC(=O)[C@@H](Cc1ccccc1)NC(=O)[C@H](CCN)NC(=O)[C@@H](N)CCN)C(=O)O. The summed E-state index contributed by atoms with van der Waals surface area (Å²) >= 11 is 0. The fourth-order valence-corrected chi connectivity index (χ4v) is 5.47. The number of amides is 6. The zero-order valence-electron chi connectivity index (χ0n) is 32.2. The zero-order chi connectivity index (χ0) is 41.7. The van der Waals surface area contributed by atoms with Gasteiger partial charge in [0.2, 0.25) is 35.4 Å². The molecule has 7 atom stereocenters. The summed E-state index contributed by atoms with van der Waals surface area (Å²) in [7, 11) is 0. The minimum atomic E-state index is -1.58. The van der Waals surface area contributed by atoms with Crippen LogP contribution in [0.25, 0.3) is 0 Å². The molecule has 0 fully saturated rings. The third-order valence-corrected chi connectivity index (χ3v) is 8.38. The van der Waals surface area contributed by atoms with Gasteiger partial charge in [-0.05, 0) is 69.1 Å². The first-order chi connectivity index (χ1) is 26.0. The first-order valence-corrected chi connectivity index (χ1v) is 18.5. The molecule has 0 aliphatic heterocycles. The van der Waals surface area contributed by atoms with E-state index < -0.39 is 90.3 Å². The van der Waals surface area contributed by atoms with Gasteiger partial charge in [0.05, 0.1) is 12.6 Å². The molecule has 6 amide bonds. The Hall–Kier alpha value is -4.69. The predicted octanol–water partition coefficient (Wildman–Crippen LogP) is -3.32. The number of benzene rings is 1. The molecule has 0 radical (unpaired) electrons. The maximum Gasteiger partial charge on any atom is 0.326 e. The molecular weight excluding hydrogens is 716 g/mol. The van der Waals surface area contributed by atoms with Crippen molar-refractivity contribution in [3.8, 4) is 0 Å². The Labute approximate surface area is 322 Å². The van der Waals surface area contributed by atoms with Crippen molar-refractivity contribution in [3.63, 3.8) is 0 Å². The molecule has 0 aliphatic rings. The lowest BCUT2D eigenvalue weighted by Crippen LogP contribution is -2.61. The lowest BCUT2D eigenvalue weighted by Gasteiger charge is -2.28. The molecule has 0 spiro atoms. The van der Waals surface area contributed by atoms with Gasteiger partial charge in [-0.3, -0.25) is 28.8 Å². The van der Waals surface area contributed by atoms with Gasteiger partial charge in [0.25, 0.3) is 0 Å². The van der Waals surface area contributed by atoms with Crippen molar-refractivity contribution in [3.05, 3.63) is 35.9 Å². The highest BCUT2D eigenvalue weighted by molar-refractivity contribution is 5.97. The van der Waals surface area contributed by atoms with E-state index in [4.69, 9.17) is 22.9 Å². The van der Waals surface area contributed by atoms with E-state index in [1.54, 1.807) is 58.0 Å². The molecule has 19 nitrogen and oxygen atoms in total. The number of carbonyl (C=O) groups excluding carboxylic acids is 6. The lowest BCUT2D eigenvalue weighted by atomic mass is 10.0. The molecule has 55 heavy (non-hydrogen) atoms. The van der Waals surface area contributed by atoms with Crippen molar-refractivity contribution >= 4 is 41.4 Å². The van der Waals surface area contributed by atoms with E-state index in [-0.39, 0.29) is 70.0 Å². The monoisotopic (exact) mass is 778 g/mol. The summed E-state index contributed by atoms with van der Waals surface area (Å²) < 4.78 is 0. The third kappa shape index (κ3) is 18.0. The van der Waals surface area contributed by atoms with Crippen LogP contribution in [0.15, 0.2) is 30.3 Å². The van der Waals surface area contributed by atoms with Crippen LogP contribution in [0.5, 0.6) is 0 Å². The molecule has 310 valence electrons. The van der Waals surface area contributed by atoms with Gasteiger partial charge in [0.15, 0.2) is 0 Å². The molecule has 0 saturated heterocycles. The van der Waals surface area contributed by atoms with Gasteiger partial charge in [0, 0.05) is 6.42 Å². The minimum absolute atomic E-state index is 0.00339. The number of aliphatic carboxylic acids is 1. The van der Waals surface area contributed by atoms with Crippen LogP contribution in [-0.2, 0) is 40.0 Å². The smallest absolute Gasteiger partial charge is 0.326 e. The number of carboxylic acids is 1. The average Bonchev–Trinajstić information content (AvgIpc) is 3.12. The van der Waals surface area contributed by atoms with E-state index in [2.05, 4.69) is 31.9 Å². The van der Waals surface area contributed by atoms with Gasteiger partial charge in [-0.1, -0.05) is 58.0 Å². The second-order valence-corrected chi connectivity index (χ2v) is 14.2. The van der Waals surface area contributed by atoms with E-state index in [0.29, 0.717) is 5.56 Å². The second kappa shape index (κ2) is 25.4. The largest absolute Gasteiger partial charge is 0.480 e. The Bertz CT molecular complexity index is 1400. The molecule has 0 bridgehead atoms. The normalized spacial score (nSPS) is 15.0. The van der Waals surface area contributed by atoms with Crippen molar-refractivity contribution in [1.29, 1.82) is 0 Å². The van der Waals surface area contributed by atoms with Gasteiger partial charge < -0.3 is 65.0 Å². The van der Waals surface area contributed by atoms with Crippen LogP contribution in [0.1, 0.15) is 65.4 Å². The molecule has 0 aliphatic carbocycles. The lowest BCUT2D eigenvalue weighted by molar-refractivity contribution is -0.143. The number of aliphatic hydroxyl groups excluding tert-OH is 1. The highest BCUT2D eigenvalue weighted by Gasteiger charge is 2.34. The predicted molar refractivity (Wildman–Crippen MR) is 204 cm³/mol. The molecule has 1 rings (SSSR count). The number of aliphatic hydroxyl groups is 1. The molecule has 0 unspecified atom stereocenters. The van der Waals surface area contributed by atoms with Gasteiger partial charge in [-0.15, -0.1) is 0 Å². The Morgan fingerprint density at radius 2 is 0.927 bits per heavy atom. The fourth-order valence-electron chi connectivity index (χ4n) is 5.47. The van der Waals surface area contributed by atoms with Crippen molar-refractivity contribution in [1.82, 2.24) is 31.9 Å². The molecular formula is C36H62N10O9. The van der Waals surface area contributed by atoms with Gasteiger partial charge in [-0.25, -0.2) is 4.79 Å². The maximum absolute atomic E-state index is 13.9. The first kappa shape index (κ1) is 48.3. The Morgan fingerprint density at radius 1 is 0.545 bits per heavy atom. The summed E-state index contributed by atoms with van der Waals surface area (Å²) in [6.07, 6.45) is 0.341. The van der Waals surface area contributed by atoms with Crippen LogP contribution in [0.3, 0.4) is 0 Å². The number of nitrogens with two attached hydrogens (primary N) is 4. The minimum Gasteiger partial charge on any atom is -0.480 e. The molecule has 1 aromatic carbocycles. The van der Waals surface area contributed by atoms with Crippen LogP contribution in [-0.4, -0.2) is 120 Å². The molecule has 19 heteroatoms. The zero-order valence-corrected chi connectivity index (χ0v) is 32.2. The number of nitrogens with one attached hydrogen (secondary N) is 6. The van der Waals surface area contributed by atoms with Crippen molar-refractivity contribution < 1.29 is 43.8 Å². The van der Waals surface area contributed by atoms with E-state index in [9.17, 15) is 43.8 Å². The van der Waals surface area contributed by atoms with Gasteiger partial charge >= 0.3 is 5.97 Å². The summed E-state index contributed by atoms with van der Waals surface area (Å²) in [6.45, 7) is 6.38. The number of hydrogen-bond acceptors (Lipinski definition) is 12. The summed E-state index contributed by atoms with van der Waals surface area (Å²) in [4.78, 5) is 91.6. The molecule has 0 saturated carbocycles. The Kier molecular flexibility index (Phi) is 22.3. The number of rotatable bonds is 26. The van der Waals surface area contributed by atoms with Crippen LogP contribution >= 0.6 is 0 Å². The standard InChI is InChI=1S/C36H62N10O9/c1-20(2)16-26(33(51)46-29(19-47)35(53)42-25(12-15-39)32(50)45-28(36(54)55)17-21(3)4)43-34(52)27(18-22-8-6-5-7-9-22)44-31(49)24(11-14-38)41-30(48)23(40)10-13-37/h5-9,20-21,23-29,47H,10-19,37-40H2,1-4H3,(H,41,48)(H,42,53)(H,43,52)(H,44,49)(H,45,50)(H,46,51)(H,54,55)/t23-,24-,25-,26-,27+,28-,29-/m0/s1. The van der Waals surface area contributed by atoms with Crippen LogP contribution in [0.2, 0.25) is 0 Å². The van der Waals surface area contributed by atoms with Crippen LogP contribution in [0.4, 0.5) is 0 Å². The van der Waals surface area contributed by atoms with Gasteiger partial charge in [0.1, 0.15) is 36.3 Å². The quantitative estimate of drug-likeness (QED) is 0.0439. The second-order valence-electron chi connectivity index (χ2n) is 14.2. The highest BCUT2D eigenvalue weighted by Crippen LogP contribution is 2.10. The average molecular weight is 779 g/mol. The highest BCUT2D eigenvalue weighted by atomic mass is 16.4. The Balaban J connectivity index is 3.26. The Morgan fingerprint density at radius 3 is 1.40 bits per heavy atom. The van der Waals surface area contributed by atoms with Crippen LogP contribution < -0.4 is 54.8 Å². The summed E-state index contributed by atoms with van der Waals surface area (Å²) in [6, 6.07) is 0.0536. The molecule has 0 heterocycles. The van der Waals surface area contributed by atoms with E-state index in [1.165, 1.54) is 0 Å².